The van der Waals surface area contributed by atoms with Gasteiger partial charge in [-0.25, -0.2) is 9.59 Å². The zero-order chi connectivity index (χ0) is 56.8. The van der Waals surface area contributed by atoms with Gasteiger partial charge >= 0.3 is 89.6 Å². The second-order valence-corrected chi connectivity index (χ2v) is 24.0. The first-order chi connectivity index (χ1) is 30.3. The minimum atomic E-state index is -10.7. The number of hydrogen-bond acceptors (Lipinski definition) is 6. The van der Waals surface area contributed by atoms with Crippen LogP contribution in [0.15, 0.2) is 46.1 Å². The van der Waals surface area contributed by atoms with Crippen LogP contribution in [0.2, 0.25) is 0 Å². The van der Waals surface area contributed by atoms with Gasteiger partial charge in [-0.05, 0) is 71.9 Å². The van der Waals surface area contributed by atoms with Crippen molar-refractivity contribution in [2.75, 3.05) is 84.6 Å². The van der Waals surface area contributed by atoms with Gasteiger partial charge in [-0.15, -0.1) is 0 Å². The van der Waals surface area contributed by atoms with Crippen LogP contribution in [0.5, 0.6) is 0 Å². The summed E-state index contributed by atoms with van der Waals surface area (Å²) in [5, 5.41) is 0.708. The van der Waals surface area contributed by atoms with Gasteiger partial charge in [0, 0.05) is 28.2 Å². The number of amidine groups is 2. The predicted molar refractivity (Wildman–Crippen MR) is 262 cm³/mol. The molecule has 0 aliphatic rings. The van der Waals surface area contributed by atoms with E-state index in [1.807, 2.05) is 131 Å². The Labute approximate surface area is 414 Å². The summed E-state index contributed by atoms with van der Waals surface area (Å²) in [5.74, 6) is 1.23. The van der Waals surface area contributed by atoms with Gasteiger partial charge in [-0.1, -0.05) is 89.0 Å². The van der Waals surface area contributed by atoms with E-state index in [-0.39, 0.29) is 10.8 Å². The number of aryl methyl sites for hydroxylation is 4. The standard InChI is InChI=1S/2C22H35ClN3O2.2F6P/c2*1-14-12-16(22(3,4)5)13-15(2)17(14)21(27)28-18(19(23)24(6)7)20(25(8)9)26(10)11;2*1-7(2,3,4,5)6/h2*12-13H,1-11H3;;/q2*+1;2*-1. The fourth-order valence-electron chi connectivity index (χ4n) is 6.10. The summed E-state index contributed by atoms with van der Waals surface area (Å²) in [6.45, 7) is 20.7. The van der Waals surface area contributed by atoms with Crippen LogP contribution in [0.1, 0.15) is 95.6 Å². The average molecular weight is 1110 g/mol. The molecule has 2 aromatic rings. The molecular weight excluding hydrogens is 1040 g/mol. The van der Waals surface area contributed by atoms with Crippen molar-refractivity contribution >= 4 is 62.4 Å². The number of rotatable bonds is 8. The molecule has 26 heteroatoms. The van der Waals surface area contributed by atoms with E-state index in [0.29, 0.717) is 44.6 Å². The number of esters is 2. The Morgan fingerprint density at radius 1 is 0.457 bits per heavy atom. The van der Waals surface area contributed by atoms with Crippen molar-refractivity contribution in [2.24, 2.45) is 0 Å². The SMILES string of the molecule is Cc1cc(C(C)(C)C)cc(C)c1C(=O)O/C(C(N(C)C)=[N+](C)C)=C(\Cl)N(C)C.Cc1cc(C(C)(C)C)cc(C)c1C(=O)O/C(C(N(C)C)=[N+](C)C)=C(\Cl)N(C)C.F[P-](F)(F)(F)(F)F.F[P-](F)(F)(F)(F)F. The summed E-state index contributed by atoms with van der Waals surface area (Å²) in [6.07, 6.45) is 0. The average Bonchev–Trinajstić information content (AvgIpc) is 3.05. The molecular formula is C44H70Cl2F12N6O4P2. The van der Waals surface area contributed by atoms with Crippen LogP contribution < -0.4 is 0 Å². The Bertz CT molecular complexity index is 2150. The van der Waals surface area contributed by atoms with E-state index in [9.17, 15) is 60.0 Å². The van der Waals surface area contributed by atoms with Gasteiger partial charge in [0.1, 0.15) is 0 Å². The van der Waals surface area contributed by atoms with Crippen molar-refractivity contribution in [3.63, 3.8) is 0 Å². The molecule has 0 atom stereocenters. The summed E-state index contributed by atoms with van der Waals surface area (Å²) in [4.78, 5) is 33.5. The van der Waals surface area contributed by atoms with E-state index in [1.54, 1.807) is 9.80 Å². The molecule has 0 saturated carbocycles. The molecule has 2 rings (SSSR count). The van der Waals surface area contributed by atoms with Crippen LogP contribution in [0.25, 0.3) is 0 Å². The fourth-order valence-corrected chi connectivity index (χ4v) is 6.35. The van der Waals surface area contributed by atoms with E-state index in [0.717, 1.165) is 22.3 Å². The van der Waals surface area contributed by atoms with Crippen LogP contribution in [-0.2, 0) is 20.3 Å². The molecule has 0 saturated heterocycles. The van der Waals surface area contributed by atoms with Crippen molar-refractivity contribution in [1.29, 1.82) is 0 Å². The van der Waals surface area contributed by atoms with Crippen molar-refractivity contribution in [2.45, 2.75) is 80.1 Å². The Balaban J connectivity index is 0. The third-order valence-electron chi connectivity index (χ3n) is 8.86. The van der Waals surface area contributed by atoms with Crippen LogP contribution in [-0.4, -0.2) is 137 Å². The topological polar surface area (TPSA) is 71.6 Å². The Hall–Kier alpha value is -4.00. The number of benzene rings is 2. The quantitative estimate of drug-likeness (QED) is 0.0378. The molecule has 0 unspecified atom stereocenters. The minimum absolute atomic E-state index is 0.00798. The van der Waals surface area contributed by atoms with Crippen LogP contribution in [0.4, 0.5) is 50.4 Å². The molecule has 408 valence electrons. The third kappa shape index (κ3) is 27.6. The second-order valence-electron chi connectivity index (χ2n) is 19.4. The van der Waals surface area contributed by atoms with Gasteiger partial charge in [0.05, 0.1) is 67.5 Å². The third-order valence-corrected chi connectivity index (χ3v) is 9.88. The Morgan fingerprint density at radius 2 is 0.643 bits per heavy atom. The molecule has 0 amide bonds. The Morgan fingerprint density at radius 3 is 0.771 bits per heavy atom. The maximum absolute atomic E-state index is 13.2. The number of ether oxygens (including phenoxy) is 2. The van der Waals surface area contributed by atoms with Crippen LogP contribution in [0, 0.1) is 27.7 Å². The molecule has 0 radical (unpaired) electrons. The van der Waals surface area contributed by atoms with Gasteiger partial charge in [-0.3, -0.25) is 19.0 Å². The molecule has 0 aromatic heterocycles. The summed E-state index contributed by atoms with van der Waals surface area (Å²) in [7, 11) is 1.03. The molecule has 10 nitrogen and oxygen atoms in total. The first-order valence-corrected chi connectivity index (χ1v) is 25.5. The monoisotopic (exact) mass is 1110 g/mol. The van der Waals surface area contributed by atoms with Gasteiger partial charge in [0.2, 0.25) is 0 Å². The number of hydrogen-bond donors (Lipinski definition) is 0. The van der Waals surface area contributed by atoms with Crippen molar-refractivity contribution < 1.29 is 78.6 Å². The zero-order valence-electron chi connectivity index (χ0n) is 43.8. The molecule has 0 N–H and O–H groups in total. The van der Waals surface area contributed by atoms with Gasteiger partial charge in [-0.2, -0.15) is 0 Å². The second kappa shape index (κ2) is 22.0. The van der Waals surface area contributed by atoms with Gasteiger partial charge in [0.25, 0.3) is 11.5 Å². The Kier molecular flexibility index (Phi) is 21.4. The normalized spacial score (nSPS) is 14.5. The maximum atomic E-state index is 13.2. The predicted octanol–water partition coefficient (Wildman–Crippen LogP) is 14.7. The van der Waals surface area contributed by atoms with E-state index < -0.39 is 27.6 Å². The number of carbonyl (C=O) groups is 2. The summed E-state index contributed by atoms with van der Waals surface area (Å²) in [5.41, 5.74) is 7.12. The molecule has 0 spiro atoms. The summed E-state index contributed by atoms with van der Waals surface area (Å²) < 4.78 is 134. The number of carbonyl (C=O) groups excluding carboxylic acids is 2. The number of nitrogens with zero attached hydrogens (tertiary/aromatic N) is 6. The van der Waals surface area contributed by atoms with E-state index in [1.165, 1.54) is 11.1 Å². The fraction of sp³-hybridized carbons (Fsp3) is 0.545. The molecule has 0 bridgehead atoms. The number of likely N-dealkylation sites (N-methyl/N-ethyl adjacent to an activating group) is 2. The molecule has 70 heavy (non-hydrogen) atoms. The van der Waals surface area contributed by atoms with Crippen molar-refractivity contribution in [3.05, 3.63) is 90.6 Å². The van der Waals surface area contributed by atoms with Gasteiger partial charge in [0.15, 0.2) is 10.3 Å². The van der Waals surface area contributed by atoms with E-state index in [4.69, 9.17) is 32.7 Å². The van der Waals surface area contributed by atoms with Crippen molar-refractivity contribution in [3.8, 4) is 0 Å². The molecule has 0 aliphatic carbocycles. The molecule has 2 aromatic carbocycles. The number of halogens is 14. The van der Waals surface area contributed by atoms with Crippen molar-refractivity contribution in [1.82, 2.24) is 19.6 Å². The summed E-state index contributed by atoms with van der Waals surface area (Å²) in [6, 6.07) is 8.23. The molecule has 0 heterocycles. The van der Waals surface area contributed by atoms with Crippen LogP contribution in [0.3, 0.4) is 0 Å². The van der Waals surface area contributed by atoms with Gasteiger partial charge < -0.3 is 19.3 Å². The molecule has 0 aliphatic heterocycles. The first-order valence-electron chi connectivity index (χ1n) is 20.6. The first kappa shape index (κ1) is 68.1. The zero-order valence-corrected chi connectivity index (χ0v) is 47.1. The summed E-state index contributed by atoms with van der Waals surface area (Å²) >= 11 is 13.0. The molecule has 0 fully saturated rings. The van der Waals surface area contributed by atoms with E-state index in [2.05, 4.69) is 65.8 Å². The van der Waals surface area contributed by atoms with E-state index >= 15 is 0 Å². The van der Waals surface area contributed by atoms with Crippen LogP contribution >= 0.6 is 38.8 Å².